The smallest absolute Gasteiger partial charge is 0.224 e. The second-order valence-corrected chi connectivity index (χ2v) is 10.7. The van der Waals surface area contributed by atoms with Gasteiger partial charge in [-0.3, -0.25) is 0 Å². The van der Waals surface area contributed by atoms with Crippen molar-refractivity contribution in [3.05, 3.63) is 58.1 Å². The normalized spacial score (nSPS) is 28.6. The van der Waals surface area contributed by atoms with E-state index in [-0.39, 0.29) is 5.41 Å². The average molecular weight is 437 g/mol. The van der Waals surface area contributed by atoms with E-state index in [2.05, 4.69) is 39.5 Å². The summed E-state index contributed by atoms with van der Waals surface area (Å²) in [6.07, 6.45) is 8.46. The number of rotatable bonds is 4. The fraction of sp³-hybridized carbons (Fsp3) is 0.500. The van der Waals surface area contributed by atoms with Gasteiger partial charge in [-0.2, -0.15) is 4.31 Å². The summed E-state index contributed by atoms with van der Waals surface area (Å²) in [4.78, 5) is 0. The zero-order valence-corrected chi connectivity index (χ0v) is 17.4. The van der Waals surface area contributed by atoms with Gasteiger partial charge in [0.05, 0.1) is 0 Å². The van der Waals surface area contributed by atoms with E-state index in [1.54, 1.807) is 4.31 Å². The summed E-state index contributed by atoms with van der Waals surface area (Å²) in [6, 6.07) is 8.20. The lowest BCUT2D eigenvalue weighted by molar-refractivity contribution is 0.338. The standard InChI is InChI=1S/C20H25BrN2O2S/c1-16-5-7-20(8-6-16,26(24,25)23-13-11-22-12-14-23)19(9-10-19)17-3-2-4-18(21)15-17/h2-7,15,22H,8-14H2,1H3. The fourth-order valence-corrected chi connectivity index (χ4v) is 7.36. The van der Waals surface area contributed by atoms with Gasteiger partial charge in [-0.05, 0) is 43.9 Å². The molecule has 6 heteroatoms. The number of nitrogens with one attached hydrogen (secondary N) is 1. The maximum atomic E-state index is 13.9. The number of allylic oxidation sites excluding steroid dienone is 3. The molecular formula is C20H25BrN2O2S. The van der Waals surface area contributed by atoms with Crippen LogP contribution < -0.4 is 5.32 Å². The van der Waals surface area contributed by atoms with E-state index in [0.29, 0.717) is 19.5 Å². The molecule has 0 aromatic heterocycles. The van der Waals surface area contributed by atoms with Crippen LogP contribution in [0.25, 0.3) is 0 Å². The Morgan fingerprint density at radius 2 is 1.92 bits per heavy atom. The number of benzene rings is 1. The SMILES string of the molecule is CC1=CCC(C2(c3cccc(Br)c3)CC2)(S(=O)(=O)N2CCNCC2)C=C1. The van der Waals surface area contributed by atoms with Crippen molar-refractivity contribution < 1.29 is 8.42 Å². The molecule has 1 heterocycles. The molecule has 4 nitrogen and oxygen atoms in total. The van der Waals surface area contributed by atoms with Crippen LogP contribution >= 0.6 is 15.9 Å². The monoisotopic (exact) mass is 436 g/mol. The van der Waals surface area contributed by atoms with Crippen molar-refractivity contribution in [2.75, 3.05) is 26.2 Å². The average Bonchev–Trinajstić information content (AvgIpc) is 3.45. The first-order valence-corrected chi connectivity index (χ1v) is 11.5. The molecule has 0 radical (unpaired) electrons. The second kappa shape index (κ2) is 6.59. The third-order valence-corrected chi connectivity index (χ3v) is 9.31. The molecule has 1 unspecified atom stereocenters. The van der Waals surface area contributed by atoms with Gasteiger partial charge in [0, 0.05) is 36.1 Å². The molecule has 1 saturated heterocycles. The van der Waals surface area contributed by atoms with Crippen LogP contribution in [-0.4, -0.2) is 43.6 Å². The highest BCUT2D eigenvalue weighted by Gasteiger charge is 2.66. The Labute approximate surface area is 164 Å². The summed E-state index contributed by atoms with van der Waals surface area (Å²) >= 11 is 3.56. The van der Waals surface area contributed by atoms with Gasteiger partial charge in [-0.15, -0.1) is 0 Å². The lowest BCUT2D eigenvalue weighted by atomic mass is 9.77. The van der Waals surface area contributed by atoms with Gasteiger partial charge in [0.15, 0.2) is 0 Å². The van der Waals surface area contributed by atoms with E-state index in [4.69, 9.17) is 0 Å². The highest BCUT2D eigenvalue weighted by Crippen LogP contribution is 2.62. The Kier molecular flexibility index (Phi) is 4.66. The van der Waals surface area contributed by atoms with Gasteiger partial charge in [-0.25, -0.2) is 8.42 Å². The van der Waals surface area contributed by atoms with Crippen LogP contribution in [0.3, 0.4) is 0 Å². The van der Waals surface area contributed by atoms with Crippen molar-refractivity contribution in [1.82, 2.24) is 9.62 Å². The van der Waals surface area contributed by atoms with Crippen LogP contribution in [0.1, 0.15) is 31.7 Å². The summed E-state index contributed by atoms with van der Waals surface area (Å²) in [5, 5.41) is 3.26. The molecule has 0 bridgehead atoms. The molecule has 2 aliphatic carbocycles. The molecule has 3 aliphatic rings. The maximum absolute atomic E-state index is 13.9. The van der Waals surface area contributed by atoms with Crippen LogP contribution in [0.4, 0.5) is 0 Å². The third-order valence-electron chi connectivity index (χ3n) is 6.16. The van der Waals surface area contributed by atoms with E-state index in [0.717, 1.165) is 41.5 Å². The molecule has 1 saturated carbocycles. The predicted molar refractivity (Wildman–Crippen MR) is 109 cm³/mol. The molecular weight excluding hydrogens is 412 g/mol. The van der Waals surface area contributed by atoms with Crippen LogP contribution in [0.15, 0.2) is 52.5 Å². The molecule has 26 heavy (non-hydrogen) atoms. The summed E-state index contributed by atoms with van der Waals surface area (Å²) in [6.45, 7) is 4.58. The van der Waals surface area contributed by atoms with Crippen molar-refractivity contribution in [2.24, 2.45) is 0 Å². The molecule has 4 rings (SSSR count). The Hall–Kier alpha value is -0.950. The minimum absolute atomic E-state index is 0.339. The maximum Gasteiger partial charge on any atom is 0.224 e. The Morgan fingerprint density at radius 1 is 1.19 bits per heavy atom. The lowest BCUT2D eigenvalue weighted by Crippen LogP contribution is -2.58. The van der Waals surface area contributed by atoms with Crippen LogP contribution in [0.2, 0.25) is 0 Å². The largest absolute Gasteiger partial charge is 0.314 e. The first-order chi connectivity index (χ1) is 12.4. The Morgan fingerprint density at radius 3 is 2.50 bits per heavy atom. The van der Waals surface area contributed by atoms with E-state index >= 15 is 0 Å². The molecule has 2 fully saturated rings. The Bertz CT molecular complexity index is 868. The second-order valence-electron chi connectivity index (χ2n) is 7.62. The molecule has 140 valence electrons. The molecule has 1 aliphatic heterocycles. The van der Waals surface area contributed by atoms with Crippen molar-refractivity contribution >= 4 is 26.0 Å². The minimum atomic E-state index is -3.48. The number of hydrogen-bond donors (Lipinski definition) is 1. The quantitative estimate of drug-likeness (QED) is 0.786. The molecule has 1 atom stereocenters. The van der Waals surface area contributed by atoms with Crippen LogP contribution in [0.5, 0.6) is 0 Å². The van der Waals surface area contributed by atoms with Gasteiger partial charge in [-0.1, -0.05) is 51.9 Å². The van der Waals surface area contributed by atoms with Crippen LogP contribution in [0, 0.1) is 0 Å². The van der Waals surface area contributed by atoms with Gasteiger partial charge < -0.3 is 5.32 Å². The highest BCUT2D eigenvalue weighted by molar-refractivity contribution is 9.10. The summed E-state index contributed by atoms with van der Waals surface area (Å²) in [7, 11) is -3.48. The molecule has 1 aromatic carbocycles. The highest BCUT2D eigenvalue weighted by atomic mass is 79.9. The zero-order valence-electron chi connectivity index (χ0n) is 15.0. The van der Waals surface area contributed by atoms with E-state index in [1.165, 1.54) is 0 Å². The summed E-state index contributed by atoms with van der Waals surface area (Å²) in [5.41, 5.74) is 1.93. The fourth-order valence-electron chi connectivity index (χ4n) is 4.49. The molecule has 0 amide bonds. The minimum Gasteiger partial charge on any atom is -0.314 e. The zero-order chi connectivity index (χ0) is 18.4. The van der Waals surface area contributed by atoms with Gasteiger partial charge >= 0.3 is 0 Å². The summed E-state index contributed by atoms with van der Waals surface area (Å²) in [5.74, 6) is 0. The molecule has 1 aromatic rings. The lowest BCUT2D eigenvalue weighted by Gasteiger charge is -2.44. The first kappa shape index (κ1) is 18.4. The van der Waals surface area contributed by atoms with Crippen molar-refractivity contribution in [3.63, 3.8) is 0 Å². The van der Waals surface area contributed by atoms with Crippen molar-refractivity contribution in [3.8, 4) is 0 Å². The number of halogens is 1. The number of sulfonamides is 1. The number of piperazine rings is 1. The predicted octanol–water partition coefficient (Wildman–Crippen LogP) is 3.36. The van der Waals surface area contributed by atoms with Gasteiger partial charge in [0.1, 0.15) is 4.75 Å². The third kappa shape index (κ3) is 2.73. The topological polar surface area (TPSA) is 49.4 Å². The Balaban J connectivity index is 1.84. The molecule has 0 spiro atoms. The van der Waals surface area contributed by atoms with E-state index < -0.39 is 14.8 Å². The number of hydrogen-bond acceptors (Lipinski definition) is 3. The summed E-state index contributed by atoms with van der Waals surface area (Å²) < 4.78 is 29.7. The first-order valence-electron chi connectivity index (χ1n) is 9.24. The van der Waals surface area contributed by atoms with Crippen molar-refractivity contribution in [2.45, 2.75) is 36.3 Å². The van der Waals surface area contributed by atoms with Crippen molar-refractivity contribution in [1.29, 1.82) is 0 Å². The van der Waals surface area contributed by atoms with E-state index in [9.17, 15) is 8.42 Å². The van der Waals surface area contributed by atoms with Gasteiger partial charge in [0.25, 0.3) is 0 Å². The van der Waals surface area contributed by atoms with Crippen LogP contribution in [-0.2, 0) is 15.4 Å². The van der Waals surface area contributed by atoms with Gasteiger partial charge in [0.2, 0.25) is 10.0 Å². The molecule has 1 N–H and O–H groups in total. The van der Waals surface area contributed by atoms with E-state index in [1.807, 2.05) is 31.2 Å². The number of nitrogens with zero attached hydrogens (tertiary/aromatic N) is 1.